The zero-order valence-electron chi connectivity index (χ0n) is 9.88. The fraction of sp³-hybridized carbons (Fsp3) is 0.667. The molecule has 0 aliphatic heterocycles. The third-order valence-electron chi connectivity index (χ3n) is 1.80. The standard InChI is InChI=1S/2C6H12O/c1-3-6(2)4-5-7;1-3-4-6(2)5-7/h2*4,7H,3,5H2,1-2H3/b2*6-4-. The van der Waals surface area contributed by atoms with Gasteiger partial charge in [0.1, 0.15) is 0 Å². The Morgan fingerprint density at radius 1 is 1.00 bits per heavy atom. The van der Waals surface area contributed by atoms with Gasteiger partial charge >= 0.3 is 0 Å². The number of hydrogen-bond acceptors (Lipinski definition) is 2. The zero-order valence-corrected chi connectivity index (χ0v) is 9.88. The lowest BCUT2D eigenvalue weighted by atomic mass is 10.2. The molecule has 0 amide bonds. The lowest BCUT2D eigenvalue weighted by Crippen LogP contribution is -1.81. The van der Waals surface area contributed by atoms with Crippen molar-refractivity contribution in [3.63, 3.8) is 0 Å². The first kappa shape index (κ1) is 15.9. The highest BCUT2D eigenvalue weighted by atomic mass is 16.3. The monoisotopic (exact) mass is 200 g/mol. The Hall–Kier alpha value is -0.600. The van der Waals surface area contributed by atoms with Gasteiger partial charge in [-0.1, -0.05) is 37.1 Å². The Morgan fingerprint density at radius 2 is 1.57 bits per heavy atom. The van der Waals surface area contributed by atoms with E-state index in [4.69, 9.17) is 10.2 Å². The van der Waals surface area contributed by atoms with Crippen molar-refractivity contribution in [2.75, 3.05) is 13.2 Å². The van der Waals surface area contributed by atoms with Crippen LogP contribution in [0.4, 0.5) is 0 Å². The second-order valence-corrected chi connectivity index (χ2v) is 3.20. The molecule has 0 fully saturated rings. The average molecular weight is 200 g/mol. The summed E-state index contributed by atoms with van der Waals surface area (Å²) in [6, 6.07) is 0. The Bertz CT molecular complexity index is 149. The van der Waals surface area contributed by atoms with Crippen LogP contribution in [-0.4, -0.2) is 23.4 Å². The Kier molecular flexibility index (Phi) is 14.0. The minimum absolute atomic E-state index is 0.180. The van der Waals surface area contributed by atoms with Gasteiger partial charge in [0.2, 0.25) is 0 Å². The second kappa shape index (κ2) is 12.4. The first-order valence-electron chi connectivity index (χ1n) is 5.15. The molecule has 0 atom stereocenters. The highest BCUT2D eigenvalue weighted by Gasteiger charge is 1.78. The van der Waals surface area contributed by atoms with E-state index in [0.29, 0.717) is 0 Å². The maximum absolute atomic E-state index is 8.40. The van der Waals surface area contributed by atoms with Gasteiger partial charge in [-0.25, -0.2) is 0 Å². The van der Waals surface area contributed by atoms with Crippen molar-refractivity contribution in [1.82, 2.24) is 0 Å². The van der Waals surface area contributed by atoms with Crippen LogP contribution in [-0.2, 0) is 0 Å². The fourth-order valence-electron chi connectivity index (χ4n) is 0.713. The Balaban J connectivity index is 0. The van der Waals surface area contributed by atoms with Crippen molar-refractivity contribution in [2.24, 2.45) is 0 Å². The summed E-state index contributed by atoms with van der Waals surface area (Å²) in [5.74, 6) is 0. The van der Waals surface area contributed by atoms with Crippen molar-refractivity contribution in [3.05, 3.63) is 23.3 Å². The molecule has 2 nitrogen and oxygen atoms in total. The highest BCUT2D eigenvalue weighted by molar-refractivity contribution is 4.96. The zero-order chi connectivity index (χ0) is 11.4. The van der Waals surface area contributed by atoms with E-state index in [1.807, 2.05) is 26.0 Å². The summed E-state index contributed by atoms with van der Waals surface area (Å²) in [6.07, 6.45) is 5.90. The first-order chi connectivity index (χ1) is 6.62. The van der Waals surface area contributed by atoms with E-state index in [9.17, 15) is 0 Å². The smallest absolute Gasteiger partial charge is 0.0639 e. The quantitative estimate of drug-likeness (QED) is 0.685. The molecule has 0 unspecified atom stereocenters. The minimum atomic E-state index is 0.180. The number of aliphatic hydroxyl groups is 2. The lowest BCUT2D eigenvalue weighted by Gasteiger charge is -1.88. The van der Waals surface area contributed by atoms with Crippen LogP contribution in [0.2, 0.25) is 0 Å². The van der Waals surface area contributed by atoms with E-state index in [1.54, 1.807) is 0 Å². The summed E-state index contributed by atoms with van der Waals surface area (Å²) in [7, 11) is 0. The maximum Gasteiger partial charge on any atom is 0.0639 e. The van der Waals surface area contributed by atoms with Gasteiger partial charge in [0.05, 0.1) is 13.2 Å². The van der Waals surface area contributed by atoms with E-state index in [-0.39, 0.29) is 13.2 Å². The normalized spacial score (nSPS) is 12.1. The maximum atomic E-state index is 8.40. The first-order valence-corrected chi connectivity index (χ1v) is 5.15. The molecule has 0 aliphatic rings. The molecule has 0 radical (unpaired) electrons. The van der Waals surface area contributed by atoms with Crippen LogP contribution in [0.3, 0.4) is 0 Å². The van der Waals surface area contributed by atoms with Crippen LogP contribution in [0.1, 0.15) is 40.5 Å². The molecule has 0 heterocycles. The van der Waals surface area contributed by atoms with Crippen LogP contribution >= 0.6 is 0 Å². The Morgan fingerprint density at radius 3 is 1.71 bits per heavy atom. The molecule has 0 saturated heterocycles. The molecular weight excluding hydrogens is 176 g/mol. The predicted molar refractivity (Wildman–Crippen MR) is 62.3 cm³/mol. The van der Waals surface area contributed by atoms with Crippen LogP contribution in [0, 0.1) is 0 Å². The summed E-state index contributed by atoms with van der Waals surface area (Å²) >= 11 is 0. The van der Waals surface area contributed by atoms with Crippen molar-refractivity contribution in [1.29, 1.82) is 0 Å². The van der Waals surface area contributed by atoms with E-state index in [2.05, 4.69) is 13.8 Å². The summed E-state index contributed by atoms with van der Waals surface area (Å²) in [6.45, 7) is 8.44. The molecule has 0 aromatic rings. The molecule has 2 heteroatoms. The third kappa shape index (κ3) is 14.0. The molecule has 0 aromatic carbocycles. The van der Waals surface area contributed by atoms with Gasteiger partial charge in [-0.05, 0) is 26.7 Å². The van der Waals surface area contributed by atoms with Crippen molar-refractivity contribution in [3.8, 4) is 0 Å². The molecule has 0 bridgehead atoms. The van der Waals surface area contributed by atoms with E-state index < -0.39 is 0 Å². The largest absolute Gasteiger partial charge is 0.392 e. The summed E-state index contributed by atoms with van der Waals surface area (Å²) in [5.41, 5.74) is 2.31. The van der Waals surface area contributed by atoms with E-state index in [1.165, 1.54) is 5.57 Å². The molecule has 0 aliphatic carbocycles. The number of hydrogen-bond donors (Lipinski definition) is 2. The molecular formula is C12H24O2. The summed E-state index contributed by atoms with van der Waals surface area (Å²) in [5, 5.41) is 16.7. The molecule has 0 aromatic heterocycles. The molecule has 0 spiro atoms. The molecule has 14 heavy (non-hydrogen) atoms. The van der Waals surface area contributed by atoms with E-state index >= 15 is 0 Å². The minimum Gasteiger partial charge on any atom is -0.392 e. The molecule has 84 valence electrons. The number of aliphatic hydroxyl groups excluding tert-OH is 2. The van der Waals surface area contributed by atoms with Gasteiger partial charge in [-0.3, -0.25) is 0 Å². The second-order valence-electron chi connectivity index (χ2n) is 3.20. The van der Waals surface area contributed by atoms with Crippen LogP contribution in [0.15, 0.2) is 23.3 Å². The van der Waals surface area contributed by atoms with E-state index in [0.717, 1.165) is 18.4 Å². The van der Waals surface area contributed by atoms with Crippen molar-refractivity contribution in [2.45, 2.75) is 40.5 Å². The van der Waals surface area contributed by atoms with Gasteiger partial charge in [0.25, 0.3) is 0 Å². The lowest BCUT2D eigenvalue weighted by molar-refractivity contribution is 0.331. The van der Waals surface area contributed by atoms with Gasteiger partial charge in [0.15, 0.2) is 0 Å². The van der Waals surface area contributed by atoms with Crippen molar-refractivity contribution < 1.29 is 10.2 Å². The highest BCUT2D eigenvalue weighted by Crippen LogP contribution is 1.94. The van der Waals surface area contributed by atoms with Crippen LogP contribution < -0.4 is 0 Å². The predicted octanol–water partition coefficient (Wildman–Crippen LogP) is 2.67. The van der Waals surface area contributed by atoms with Crippen molar-refractivity contribution >= 4 is 0 Å². The molecule has 2 N–H and O–H groups in total. The Labute approximate surface area is 88.0 Å². The van der Waals surface area contributed by atoms with Gasteiger partial charge in [-0.15, -0.1) is 0 Å². The van der Waals surface area contributed by atoms with Crippen LogP contribution in [0.5, 0.6) is 0 Å². The average Bonchev–Trinajstić information content (AvgIpc) is 2.19. The fourth-order valence-corrected chi connectivity index (χ4v) is 0.713. The third-order valence-corrected chi connectivity index (χ3v) is 1.80. The topological polar surface area (TPSA) is 40.5 Å². The van der Waals surface area contributed by atoms with Crippen LogP contribution in [0.25, 0.3) is 0 Å². The van der Waals surface area contributed by atoms with Gasteiger partial charge < -0.3 is 10.2 Å². The summed E-state index contributed by atoms with van der Waals surface area (Å²) in [4.78, 5) is 0. The molecule has 0 saturated carbocycles. The number of allylic oxidation sites excluding steroid dienone is 2. The molecule has 0 rings (SSSR count). The number of rotatable bonds is 4. The van der Waals surface area contributed by atoms with Gasteiger partial charge in [0, 0.05) is 0 Å². The summed E-state index contributed by atoms with van der Waals surface area (Å²) < 4.78 is 0. The SMILES string of the molecule is CC/C(C)=C\CO.CC/C=C(/C)CO. The van der Waals surface area contributed by atoms with Gasteiger partial charge in [-0.2, -0.15) is 0 Å².